The van der Waals surface area contributed by atoms with Crippen LogP contribution in [0.1, 0.15) is 20.8 Å². The summed E-state index contributed by atoms with van der Waals surface area (Å²) in [6.07, 6.45) is 0. The molecule has 0 amide bonds. The number of rotatable bonds is 3. The summed E-state index contributed by atoms with van der Waals surface area (Å²) in [5, 5.41) is 0. The molecule has 0 heterocycles. The summed E-state index contributed by atoms with van der Waals surface area (Å²) >= 11 is 0. The molecular weight excluding hydrogens is 200 g/mol. The van der Waals surface area contributed by atoms with Crippen LogP contribution in [0, 0.1) is 11.3 Å². The summed E-state index contributed by atoms with van der Waals surface area (Å²) in [4.78, 5) is 34.3. The van der Waals surface area contributed by atoms with E-state index in [1.165, 1.54) is 0 Å². The van der Waals surface area contributed by atoms with E-state index in [0.29, 0.717) is 0 Å². The SMILES string of the molecule is COC(=O)C(C(=O)OC)C(=O)C(C)(C)C. The van der Waals surface area contributed by atoms with Crippen molar-refractivity contribution in [1.29, 1.82) is 0 Å². The highest BCUT2D eigenvalue weighted by Gasteiger charge is 2.41. The fourth-order valence-electron chi connectivity index (χ4n) is 0.979. The topological polar surface area (TPSA) is 69.7 Å². The van der Waals surface area contributed by atoms with Gasteiger partial charge in [0, 0.05) is 5.41 Å². The van der Waals surface area contributed by atoms with E-state index in [9.17, 15) is 14.4 Å². The van der Waals surface area contributed by atoms with Crippen LogP contribution in [-0.4, -0.2) is 31.9 Å². The molecule has 0 aliphatic heterocycles. The molecule has 0 N–H and O–H groups in total. The molecule has 5 heteroatoms. The van der Waals surface area contributed by atoms with Gasteiger partial charge in [0.15, 0.2) is 5.78 Å². The Hall–Kier alpha value is -1.39. The van der Waals surface area contributed by atoms with Gasteiger partial charge in [-0.1, -0.05) is 20.8 Å². The molecular formula is C10H16O5. The fourth-order valence-corrected chi connectivity index (χ4v) is 0.979. The number of ether oxygens (including phenoxy) is 2. The zero-order chi connectivity index (χ0) is 12.2. The lowest BCUT2D eigenvalue weighted by Gasteiger charge is -2.21. The van der Waals surface area contributed by atoms with Gasteiger partial charge in [-0.25, -0.2) is 0 Å². The van der Waals surface area contributed by atoms with Crippen molar-refractivity contribution in [3.8, 4) is 0 Å². The maximum atomic E-state index is 11.8. The summed E-state index contributed by atoms with van der Waals surface area (Å²) < 4.78 is 8.78. The van der Waals surface area contributed by atoms with Crippen LogP contribution >= 0.6 is 0 Å². The van der Waals surface area contributed by atoms with E-state index in [2.05, 4.69) is 9.47 Å². The van der Waals surface area contributed by atoms with Crippen molar-refractivity contribution in [1.82, 2.24) is 0 Å². The number of methoxy groups -OCH3 is 2. The van der Waals surface area contributed by atoms with Gasteiger partial charge in [-0.2, -0.15) is 0 Å². The smallest absolute Gasteiger partial charge is 0.327 e. The van der Waals surface area contributed by atoms with Gasteiger partial charge in [0.2, 0.25) is 5.92 Å². The van der Waals surface area contributed by atoms with E-state index in [-0.39, 0.29) is 0 Å². The molecule has 0 atom stereocenters. The van der Waals surface area contributed by atoms with Crippen LogP contribution in [0.25, 0.3) is 0 Å². The van der Waals surface area contributed by atoms with Gasteiger partial charge in [0.1, 0.15) is 0 Å². The molecule has 0 aromatic rings. The highest BCUT2D eigenvalue weighted by Crippen LogP contribution is 2.21. The van der Waals surface area contributed by atoms with E-state index in [0.717, 1.165) is 14.2 Å². The molecule has 0 rings (SSSR count). The third-order valence-electron chi connectivity index (χ3n) is 1.88. The average Bonchev–Trinajstić information content (AvgIpc) is 2.15. The molecule has 15 heavy (non-hydrogen) atoms. The Balaban J connectivity index is 5.04. The van der Waals surface area contributed by atoms with Crippen molar-refractivity contribution in [3.63, 3.8) is 0 Å². The lowest BCUT2D eigenvalue weighted by Crippen LogP contribution is -2.40. The summed E-state index contributed by atoms with van der Waals surface area (Å²) in [7, 11) is 2.24. The minimum atomic E-state index is -1.49. The van der Waals surface area contributed by atoms with Crippen LogP contribution in [0.4, 0.5) is 0 Å². The Morgan fingerprint density at radius 3 is 1.47 bits per heavy atom. The fraction of sp³-hybridized carbons (Fsp3) is 0.700. The van der Waals surface area contributed by atoms with Gasteiger partial charge in [-0.15, -0.1) is 0 Å². The molecule has 0 aliphatic carbocycles. The number of carbonyl (C=O) groups excluding carboxylic acids is 3. The van der Waals surface area contributed by atoms with Crippen molar-refractivity contribution in [3.05, 3.63) is 0 Å². The monoisotopic (exact) mass is 216 g/mol. The third kappa shape index (κ3) is 3.34. The van der Waals surface area contributed by atoms with Crippen LogP contribution < -0.4 is 0 Å². The summed E-state index contributed by atoms with van der Waals surface area (Å²) in [6.45, 7) is 4.86. The van der Waals surface area contributed by atoms with E-state index in [1.807, 2.05) is 0 Å². The number of ketones is 1. The predicted molar refractivity (Wildman–Crippen MR) is 52.0 cm³/mol. The van der Waals surface area contributed by atoms with Crippen LogP contribution in [0.15, 0.2) is 0 Å². The molecule has 86 valence electrons. The molecule has 0 bridgehead atoms. The van der Waals surface area contributed by atoms with Gasteiger partial charge >= 0.3 is 11.9 Å². The average molecular weight is 216 g/mol. The second kappa shape index (κ2) is 4.91. The van der Waals surface area contributed by atoms with Crippen molar-refractivity contribution in [2.75, 3.05) is 14.2 Å². The standard InChI is InChI=1S/C10H16O5/c1-10(2,3)7(11)6(8(12)14-4)9(13)15-5/h6H,1-5H3. The number of esters is 2. The summed E-state index contributed by atoms with van der Waals surface area (Å²) in [5.74, 6) is -3.77. The molecule has 0 radical (unpaired) electrons. The van der Waals surface area contributed by atoms with Crippen LogP contribution in [0.3, 0.4) is 0 Å². The molecule has 0 saturated carbocycles. The maximum absolute atomic E-state index is 11.8. The first-order valence-electron chi connectivity index (χ1n) is 4.45. The first-order valence-corrected chi connectivity index (χ1v) is 4.45. The van der Waals surface area contributed by atoms with E-state index >= 15 is 0 Å². The molecule has 0 aromatic carbocycles. The van der Waals surface area contributed by atoms with Crippen molar-refractivity contribution < 1.29 is 23.9 Å². The van der Waals surface area contributed by atoms with Gasteiger partial charge < -0.3 is 9.47 Å². The second-order valence-electron chi connectivity index (χ2n) is 4.09. The predicted octanol–water partition coefficient (Wildman–Crippen LogP) is 0.564. The lowest BCUT2D eigenvalue weighted by atomic mass is 9.83. The van der Waals surface area contributed by atoms with Crippen molar-refractivity contribution in [2.24, 2.45) is 11.3 Å². The summed E-state index contributed by atoms with van der Waals surface area (Å²) in [5.41, 5.74) is -0.799. The Labute approximate surface area is 88.7 Å². The van der Waals surface area contributed by atoms with E-state index in [4.69, 9.17) is 0 Å². The molecule has 0 spiro atoms. The minimum Gasteiger partial charge on any atom is -0.468 e. The maximum Gasteiger partial charge on any atom is 0.327 e. The first-order chi connectivity index (χ1) is 6.75. The van der Waals surface area contributed by atoms with E-state index < -0.39 is 29.1 Å². The van der Waals surface area contributed by atoms with Crippen LogP contribution in [-0.2, 0) is 23.9 Å². The highest BCUT2D eigenvalue weighted by molar-refractivity contribution is 6.16. The van der Waals surface area contributed by atoms with Gasteiger partial charge in [-0.05, 0) is 0 Å². The Kier molecular flexibility index (Phi) is 4.45. The molecule has 5 nitrogen and oxygen atoms in total. The number of hydrogen-bond donors (Lipinski definition) is 0. The van der Waals surface area contributed by atoms with Gasteiger partial charge in [0.05, 0.1) is 14.2 Å². The van der Waals surface area contributed by atoms with Gasteiger partial charge in [-0.3, -0.25) is 14.4 Å². The van der Waals surface area contributed by atoms with Crippen molar-refractivity contribution in [2.45, 2.75) is 20.8 Å². The zero-order valence-corrected chi connectivity index (χ0v) is 9.62. The molecule has 0 saturated heterocycles. The molecule has 0 aromatic heterocycles. The lowest BCUT2D eigenvalue weighted by molar-refractivity contribution is -0.163. The van der Waals surface area contributed by atoms with Crippen LogP contribution in [0.5, 0.6) is 0 Å². The van der Waals surface area contributed by atoms with Crippen molar-refractivity contribution >= 4 is 17.7 Å². The largest absolute Gasteiger partial charge is 0.468 e. The molecule has 0 aliphatic rings. The normalized spacial score (nSPS) is 11.1. The Morgan fingerprint density at radius 2 is 1.27 bits per heavy atom. The molecule has 0 unspecified atom stereocenters. The Morgan fingerprint density at radius 1 is 0.933 bits per heavy atom. The van der Waals surface area contributed by atoms with E-state index in [1.54, 1.807) is 20.8 Å². The quantitative estimate of drug-likeness (QED) is 0.509. The zero-order valence-electron chi connectivity index (χ0n) is 9.62. The number of hydrogen-bond acceptors (Lipinski definition) is 5. The second-order valence-corrected chi connectivity index (χ2v) is 4.09. The highest BCUT2D eigenvalue weighted by atomic mass is 16.5. The third-order valence-corrected chi connectivity index (χ3v) is 1.88. The van der Waals surface area contributed by atoms with Crippen LogP contribution in [0.2, 0.25) is 0 Å². The Bertz CT molecular complexity index is 258. The molecule has 0 fully saturated rings. The summed E-state index contributed by atoms with van der Waals surface area (Å²) in [6, 6.07) is 0. The number of Topliss-reactive ketones (excluding diaryl/α,β-unsaturated/α-hetero) is 1. The van der Waals surface area contributed by atoms with Gasteiger partial charge in [0.25, 0.3) is 0 Å². The minimum absolute atomic E-state index is 0.513. The number of carbonyl (C=O) groups is 3. The first kappa shape index (κ1) is 13.6.